The molecule has 18 heavy (non-hydrogen) atoms. The summed E-state index contributed by atoms with van der Waals surface area (Å²) < 4.78 is 7.42. The standard InChI is InChI=1S/C13H23N3O2/c1-13(2)8-11(4-7-18-13)14-9-12(17)10-16-6-3-5-15-16/h3,5-6,11-12,14,17H,4,7-10H2,1-2H3. The third-order valence-corrected chi connectivity index (χ3v) is 3.30. The minimum atomic E-state index is -0.407. The maximum atomic E-state index is 9.93. The van der Waals surface area contributed by atoms with Gasteiger partial charge in [-0.15, -0.1) is 0 Å². The van der Waals surface area contributed by atoms with Crippen LogP contribution in [0.3, 0.4) is 0 Å². The van der Waals surface area contributed by atoms with Gasteiger partial charge in [0.2, 0.25) is 0 Å². The molecule has 1 aliphatic heterocycles. The van der Waals surface area contributed by atoms with E-state index in [1.165, 1.54) is 0 Å². The largest absolute Gasteiger partial charge is 0.390 e. The molecule has 0 aromatic carbocycles. The van der Waals surface area contributed by atoms with Crippen LogP contribution in [0, 0.1) is 0 Å². The summed E-state index contributed by atoms with van der Waals surface area (Å²) in [5, 5.41) is 17.4. The molecule has 5 heteroatoms. The lowest BCUT2D eigenvalue weighted by Crippen LogP contribution is -2.46. The van der Waals surface area contributed by atoms with Crippen molar-refractivity contribution in [3.8, 4) is 0 Å². The van der Waals surface area contributed by atoms with Gasteiger partial charge in [-0.3, -0.25) is 4.68 Å². The molecule has 2 unspecified atom stereocenters. The van der Waals surface area contributed by atoms with Crippen LogP contribution in [-0.4, -0.2) is 45.8 Å². The Balaban J connectivity index is 1.71. The summed E-state index contributed by atoms with van der Waals surface area (Å²) >= 11 is 0. The molecule has 1 aromatic heterocycles. The molecule has 1 fully saturated rings. The molecule has 1 aromatic rings. The van der Waals surface area contributed by atoms with Gasteiger partial charge in [0.1, 0.15) is 0 Å². The molecule has 0 saturated carbocycles. The zero-order chi connectivity index (χ0) is 13.0. The van der Waals surface area contributed by atoms with E-state index in [4.69, 9.17) is 4.74 Å². The average molecular weight is 253 g/mol. The molecule has 1 aliphatic rings. The van der Waals surface area contributed by atoms with E-state index in [-0.39, 0.29) is 5.60 Å². The van der Waals surface area contributed by atoms with Crippen molar-refractivity contribution in [3.63, 3.8) is 0 Å². The van der Waals surface area contributed by atoms with Gasteiger partial charge in [-0.2, -0.15) is 5.10 Å². The Bertz CT molecular complexity index is 351. The van der Waals surface area contributed by atoms with E-state index in [2.05, 4.69) is 24.3 Å². The second-order valence-electron chi connectivity index (χ2n) is 5.59. The quantitative estimate of drug-likeness (QED) is 0.814. The molecule has 0 amide bonds. The zero-order valence-corrected chi connectivity index (χ0v) is 11.2. The highest BCUT2D eigenvalue weighted by Gasteiger charge is 2.28. The predicted octanol–water partition coefficient (Wildman–Crippen LogP) is 0.791. The lowest BCUT2D eigenvalue weighted by molar-refractivity contribution is -0.0639. The smallest absolute Gasteiger partial charge is 0.0860 e. The average Bonchev–Trinajstić information content (AvgIpc) is 2.78. The third-order valence-electron chi connectivity index (χ3n) is 3.30. The van der Waals surface area contributed by atoms with Crippen LogP contribution in [-0.2, 0) is 11.3 Å². The monoisotopic (exact) mass is 253 g/mol. The second-order valence-corrected chi connectivity index (χ2v) is 5.59. The van der Waals surface area contributed by atoms with Gasteiger partial charge in [-0.1, -0.05) is 0 Å². The molecule has 102 valence electrons. The topological polar surface area (TPSA) is 59.3 Å². The predicted molar refractivity (Wildman–Crippen MR) is 69.3 cm³/mol. The SMILES string of the molecule is CC1(C)CC(NCC(O)Cn2cccn2)CCO1. The van der Waals surface area contributed by atoms with Crippen molar-refractivity contribution in [1.29, 1.82) is 0 Å². The lowest BCUT2D eigenvalue weighted by Gasteiger charge is -2.36. The molecular formula is C13H23N3O2. The van der Waals surface area contributed by atoms with Crippen molar-refractivity contribution < 1.29 is 9.84 Å². The van der Waals surface area contributed by atoms with Gasteiger partial charge in [-0.05, 0) is 32.8 Å². The Morgan fingerprint density at radius 3 is 3.11 bits per heavy atom. The van der Waals surface area contributed by atoms with E-state index in [0.29, 0.717) is 19.1 Å². The number of aromatic nitrogens is 2. The molecule has 5 nitrogen and oxygen atoms in total. The molecule has 2 rings (SSSR count). The summed E-state index contributed by atoms with van der Waals surface area (Å²) in [4.78, 5) is 0. The fraction of sp³-hybridized carbons (Fsp3) is 0.769. The number of ether oxygens (including phenoxy) is 1. The van der Waals surface area contributed by atoms with Gasteiger partial charge in [0.25, 0.3) is 0 Å². The minimum Gasteiger partial charge on any atom is -0.390 e. The molecule has 0 spiro atoms. The number of hydrogen-bond donors (Lipinski definition) is 2. The number of hydrogen-bond acceptors (Lipinski definition) is 4. The summed E-state index contributed by atoms with van der Waals surface area (Å²) in [5.41, 5.74) is -0.0527. The number of aliphatic hydroxyl groups is 1. The van der Waals surface area contributed by atoms with Crippen LogP contribution < -0.4 is 5.32 Å². The molecule has 2 N–H and O–H groups in total. The van der Waals surface area contributed by atoms with E-state index < -0.39 is 6.10 Å². The molecular weight excluding hydrogens is 230 g/mol. The van der Waals surface area contributed by atoms with Crippen molar-refractivity contribution >= 4 is 0 Å². The lowest BCUT2D eigenvalue weighted by atomic mass is 9.94. The highest BCUT2D eigenvalue weighted by atomic mass is 16.5. The maximum Gasteiger partial charge on any atom is 0.0860 e. The fourth-order valence-electron chi connectivity index (χ4n) is 2.40. The van der Waals surface area contributed by atoms with Crippen LogP contribution in [0.1, 0.15) is 26.7 Å². The highest BCUT2D eigenvalue weighted by Crippen LogP contribution is 2.23. The first-order valence-electron chi connectivity index (χ1n) is 6.58. The first kappa shape index (κ1) is 13.5. The molecule has 0 aliphatic carbocycles. The Labute approximate surface area is 108 Å². The number of nitrogens with one attached hydrogen (secondary N) is 1. The van der Waals surface area contributed by atoms with Crippen molar-refractivity contribution in [1.82, 2.24) is 15.1 Å². The Hall–Kier alpha value is -0.910. The van der Waals surface area contributed by atoms with Crippen LogP contribution in [0.25, 0.3) is 0 Å². The molecule has 2 atom stereocenters. The summed E-state index contributed by atoms with van der Waals surface area (Å²) in [6.07, 6.45) is 5.18. The summed E-state index contributed by atoms with van der Waals surface area (Å²) in [7, 11) is 0. The van der Waals surface area contributed by atoms with Gasteiger partial charge in [-0.25, -0.2) is 0 Å². The first-order valence-corrected chi connectivity index (χ1v) is 6.58. The van der Waals surface area contributed by atoms with Crippen LogP contribution in [0.4, 0.5) is 0 Å². The maximum absolute atomic E-state index is 9.93. The Morgan fingerprint density at radius 2 is 2.44 bits per heavy atom. The van der Waals surface area contributed by atoms with E-state index in [0.717, 1.165) is 19.4 Å². The summed E-state index contributed by atoms with van der Waals surface area (Å²) in [6, 6.07) is 2.29. The summed E-state index contributed by atoms with van der Waals surface area (Å²) in [6.45, 7) is 6.15. The summed E-state index contributed by atoms with van der Waals surface area (Å²) in [5.74, 6) is 0. The van der Waals surface area contributed by atoms with Crippen LogP contribution >= 0.6 is 0 Å². The second kappa shape index (κ2) is 5.82. The first-order chi connectivity index (χ1) is 8.55. The zero-order valence-electron chi connectivity index (χ0n) is 11.2. The highest BCUT2D eigenvalue weighted by molar-refractivity contribution is 4.84. The van der Waals surface area contributed by atoms with E-state index in [1.807, 2.05) is 12.3 Å². The number of rotatable bonds is 5. The molecule has 0 bridgehead atoms. The van der Waals surface area contributed by atoms with Gasteiger partial charge in [0.05, 0.1) is 18.2 Å². The van der Waals surface area contributed by atoms with Crippen molar-refractivity contribution in [3.05, 3.63) is 18.5 Å². The molecule has 1 saturated heterocycles. The van der Waals surface area contributed by atoms with Crippen molar-refractivity contribution in [2.45, 2.75) is 51.0 Å². The normalized spacial score (nSPS) is 24.9. The van der Waals surface area contributed by atoms with Gasteiger partial charge >= 0.3 is 0 Å². The van der Waals surface area contributed by atoms with Crippen molar-refractivity contribution in [2.24, 2.45) is 0 Å². The van der Waals surface area contributed by atoms with Gasteiger partial charge < -0.3 is 15.2 Å². The molecule has 2 heterocycles. The van der Waals surface area contributed by atoms with E-state index in [9.17, 15) is 5.11 Å². The fourth-order valence-corrected chi connectivity index (χ4v) is 2.40. The van der Waals surface area contributed by atoms with Crippen LogP contribution in [0.15, 0.2) is 18.5 Å². The van der Waals surface area contributed by atoms with Crippen molar-refractivity contribution in [2.75, 3.05) is 13.2 Å². The third kappa shape index (κ3) is 4.08. The molecule has 0 radical (unpaired) electrons. The van der Waals surface area contributed by atoms with E-state index >= 15 is 0 Å². The Kier molecular flexibility index (Phi) is 4.37. The number of aliphatic hydroxyl groups excluding tert-OH is 1. The van der Waals surface area contributed by atoms with Gasteiger partial charge in [0.15, 0.2) is 0 Å². The van der Waals surface area contributed by atoms with Gasteiger partial charge in [0, 0.05) is 31.6 Å². The van der Waals surface area contributed by atoms with Crippen LogP contribution in [0.2, 0.25) is 0 Å². The minimum absolute atomic E-state index is 0.0527. The van der Waals surface area contributed by atoms with E-state index in [1.54, 1.807) is 10.9 Å². The number of nitrogens with zero attached hydrogens (tertiary/aromatic N) is 2. The Morgan fingerprint density at radius 1 is 1.61 bits per heavy atom. The van der Waals surface area contributed by atoms with Crippen LogP contribution in [0.5, 0.6) is 0 Å².